The summed E-state index contributed by atoms with van der Waals surface area (Å²) in [7, 11) is 0. The zero-order valence-corrected chi connectivity index (χ0v) is 42.9. The van der Waals surface area contributed by atoms with Crippen molar-refractivity contribution in [1.82, 2.24) is 60.8 Å². The zero-order chi connectivity index (χ0) is 57.4. The molecule has 1 saturated heterocycles. The van der Waals surface area contributed by atoms with Gasteiger partial charge in [-0.15, -0.1) is 0 Å². The van der Waals surface area contributed by atoms with Crippen molar-refractivity contribution in [2.75, 3.05) is 109 Å². The molecule has 0 bridgehead atoms. The molecule has 5 rings (SSSR count). The molecule has 426 valence electrons. The Bertz CT molecular complexity index is 2810. The van der Waals surface area contributed by atoms with Gasteiger partial charge in [0.25, 0.3) is 17.4 Å². The third kappa shape index (κ3) is 22.0. The molecule has 0 aliphatic carbocycles. The highest BCUT2D eigenvalue weighted by molar-refractivity contribution is 5.97. The van der Waals surface area contributed by atoms with Gasteiger partial charge in [-0.2, -0.15) is 4.98 Å². The third-order valence-corrected chi connectivity index (χ3v) is 12.1. The molecule has 13 N–H and O–H groups in total. The van der Waals surface area contributed by atoms with Gasteiger partial charge in [0.1, 0.15) is 17.8 Å². The summed E-state index contributed by atoms with van der Waals surface area (Å²) >= 11 is 0. The van der Waals surface area contributed by atoms with Crippen molar-refractivity contribution in [3.63, 3.8) is 0 Å². The van der Waals surface area contributed by atoms with Crippen molar-refractivity contribution in [3.05, 3.63) is 81.9 Å². The number of H-pyrrole nitrogens is 1. The number of benzene rings is 2. The average molecular weight is 1110 g/mol. The van der Waals surface area contributed by atoms with Gasteiger partial charge in [0.05, 0.1) is 51.2 Å². The molecule has 2 atom stereocenters. The summed E-state index contributed by atoms with van der Waals surface area (Å²) in [6.07, 6.45) is 2.11. The first-order valence-corrected chi connectivity index (χ1v) is 24.9. The van der Waals surface area contributed by atoms with Gasteiger partial charge in [-0.3, -0.25) is 62.9 Å². The van der Waals surface area contributed by atoms with E-state index >= 15 is 0 Å². The molecular weight excluding hydrogens is 1040 g/mol. The number of nitrogens with one attached hydrogen (secondary N) is 6. The molecule has 1 fully saturated rings. The number of fused-ring (bicyclic) bond motifs is 1. The Hall–Kier alpha value is -8.87. The summed E-state index contributed by atoms with van der Waals surface area (Å²) in [5.41, 5.74) is 6.91. The number of hydrogen-bond acceptors (Lipinski definition) is 20. The topological polar surface area (TPSA) is 435 Å². The van der Waals surface area contributed by atoms with Crippen molar-refractivity contribution in [1.29, 1.82) is 0 Å². The molecule has 30 nitrogen and oxygen atoms in total. The summed E-state index contributed by atoms with van der Waals surface area (Å²) < 4.78 is 5.55. The number of amides is 4. The van der Waals surface area contributed by atoms with Crippen LogP contribution < -0.4 is 42.6 Å². The SMILES string of the molecule is Nc1nc2ncc(CNc3ccc(C(=O)NC(CCCCNC(=O)COc4ccc(CC(NC(=O)CNC(=O)CN5CCN(CC(=O)O)CCN(CC(=O)O)CCN(CC(=O)O)CC5)C(=O)O)cc4)C(=O)O)cc3)nc2c(=O)[nH]1. The highest BCUT2D eigenvalue weighted by atomic mass is 16.5. The Morgan fingerprint density at radius 3 is 1.75 bits per heavy atom. The van der Waals surface area contributed by atoms with Crippen LogP contribution in [0.25, 0.3) is 11.2 Å². The molecule has 2 unspecified atom stereocenters. The molecule has 0 spiro atoms. The predicted octanol–water partition coefficient (Wildman–Crippen LogP) is -2.84. The van der Waals surface area contributed by atoms with Crippen LogP contribution in [0.4, 0.5) is 11.6 Å². The van der Waals surface area contributed by atoms with Crippen LogP contribution >= 0.6 is 0 Å². The number of ether oxygens (including phenoxy) is 1. The predicted molar refractivity (Wildman–Crippen MR) is 279 cm³/mol. The number of nitrogen functional groups attached to an aromatic ring is 1. The molecule has 0 saturated carbocycles. The molecule has 30 heteroatoms. The molecule has 4 aromatic rings. The molecule has 79 heavy (non-hydrogen) atoms. The van der Waals surface area contributed by atoms with Crippen molar-refractivity contribution in [2.45, 2.75) is 44.3 Å². The fourth-order valence-electron chi connectivity index (χ4n) is 8.01. The van der Waals surface area contributed by atoms with Crippen LogP contribution in [0.3, 0.4) is 0 Å². The minimum absolute atomic E-state index is 0.0289. The molecule has 4 amide bonds. The number of nitrogens with zero attached hydrogens (tertiary/aromatic N) is 7. The van der Waals surface area contributed by atoms with Gasteiger partial charge in [-0.25, -0.2) is 19.6 Å². The molecule has 2 aromatic carbocycles. The number of hydrogen-bond donors (Lipinski definition) is 12. The zero-order valence-electron chi connectivity index (χ0n) is 42.9. The van der Waals surface area contributed by atoms with E-state index in [1.807, 2.05) is 0 Å². The Labute approximate surface area is 450 Å². The van der Waals surface area contributed by atoms with E-state index in [4.69, 9.17) is 10.5 Å². The Morgan fingerprint density at radius 2 is 1.20 bits per heavy atom. The van der Waals surface area contributed by atoms with Crippen LogP contribution in [0.2, 0.25) is 0 Å². The second kappa shape index (κ2) is 30.8. The Kier molecular flexibility index (Phi) is 23.7. The monoisotopic (exact) mass is 1100 g/mol. The summed E-state index contributed by atoms with van der Waals surface area (Å²) in [6.45, 7) is -0.376. The minimum Gasteiger partial charge on any atom is -0.484 e. The summed E-state index contributed by atoms with van der Waals surface area (Å²) in [5, 5.41) is 61.0. The fraction of sp³-hybridized carbons (Fsp3) is 0.449. The Morgan fingerprint density at radius 1 is 0.646 bits per heavy atom. The Balaban J connectivity index is 0.987. The van der Waals surface area contributed by atoms with E-state index in [1.54, 1.807) is 43.9 Å². The number of unbranched alkanes of at least 4 members (excludes halogenated alkanes) is 1. The van der Waals surface area contributed by atoms with E-state index in [0.717, 1.165) is 0 Å². The van der Waals surface area contributed by atoms with Gasteiger partial charge in [0.2, 0.25) is 17.8 Å². The third-order valence-electron chi connectivity index (χ3n) is 12.1. The van der Waals surface area contributed by atoms with Crippen LogP contribution in [0.5, 0.6) is 5.75 Å². The highest BCUT2D eigenvalue weighted by Gasteiger charge is 2.25. The number of carbonyl (C=O) groups is 9. The van der Waals surface area contributed by atoms with Gasteiger partial charge in [-0.1, -0.05) is 12.1 Å². The van der Waals surface area contributed by atoms with E-state index in [2.05, 4.69) is 46.5 Å². The normalized spacial score (nSPS) is 14.8. The van der Waals surface area contributed by atoms with Crippen LogP contribution in [0.1, 0.15) is 40.9 Å². The van der Waals surface area contributed by atoms with Crippen molar-refractivity contribution >= 4 is 76.3 Å². The van der Waals surface area contributed by atoms with Crippen LogP contribution in [0.15, 0.2) is 59.5 Å². The summed E-state index contributed by atoms with van der Waals surface area (Å²) in [4.78, 5) is 143. The molecule has 0 radical (unpaired) electrons. The second-order valence-corrected chi connectivity index (χ2v) is 18.3. The maximum absolute atomic E-state index is 13.0. The number of aliphatic carboxylic acids is 5. The van der Waals surface area contributed by atoms with Crippen LogP contribution in [-0.2, 0) is 51.3 Å². The van der Waals surface area contributed by atoms with Crippen molar-refractivity contribution in [3.8, 4) is 5.75 Å². The quantitative estimate of drug-likeness (QED) is 0.0255. The maximum Gasteiger partial charge on any atom is 0.326 e. The number of aromatic nitrogens is 4. The fourth-order valence-corrected chi connectivity index (χ4v) is 8.01. The summed E-state index contributed by atoms with van der Waals surface area (Å²) in [6, 6.07) is 9.78. The number of nitrogens with two attached hydrogens (primary N) is 1. The number of anilines is 2. The lowest BCUT2D eigenvalue weighted by Crippen LogP contribution is -2.50. The van der Waals surface area contributed by atoms with E-state index in [9.17, 15) is 73.5 Å². The van der Waals surface area contributed by atoms with E-state index < -0.39 is 77.7 Å². The van der Waals surface area contributed by atoms with Gasteiger partial charge in [0.15, 0.2) is 17.8 Å². The lowest BCUT2D eigenvalue weighted by atomic mass is 10.1. The number of carboxylic acids is 5. The molecule has 3 heterocycles. The van der Waals surface area contributed by atoms with Gasteiger partial charge in [-0.05, 0) is 61.2 Å². The van der Waals surface area contributed by atoms with Gasteiger partial charge in [0, 0.05) is 76.6 Å². The molecule has 2 aromatic heterocycles. The number of carbonyl (C=O) groups excluding carboxylic acids is 4. The largest absolute Gasteiger partial charge is 0.484 e. The maximum atomic E-state index is 13.0. The first-order valence-electron chi connectivity index (χ1n) is 24.9. The molecular formula is C49H64N14O16. The summed E-state index contributed by atoms with van der Waals surface area (Å²) in [5.74, 6) is -8.16. The number of rotatable bonds is 28. The van der Waals surface area contributed by atoms with E-state index in [0.29, 0.717) is 29.8 Å². The van der Waals surface area contributed by atoms with E-state index in [1.165, 1.54) is 30.5 Å². The van der Waals surface area contributed by atoms with Crippen LogP contribution in [0, 0.1) is 0 Å². The lowest BCUT2D eigenvalue weighted by molar-refractivity contribution is -0.142. The first-order chi connectivity index (χ1) is 37.7. The second-order valence-electron chi connectivity index (χ2n) is 18.3. The van der Waals surface area contributed by atoms with Crippen molar-refractivity contribution < 1.29 is 73.4 Å². The average Bonchev–Trinajstić information content (AvgIpc) is 3.44. The van der Waals surface area contributed by atoms with E-state index in [-0.39, 0.29) is 140 Å². The molecule has 1 aliphatic rings. The standard InChI is InChI=1S/C49H64N14O16/c50-49-58-44-43(46(74)59-49)55-33(23-54-44)22-52-32-8-6-31(7-9-32)45(73)57-35(47(75)76)3-1-2-12-51-39(66)29-79-34-10-4-30(5-11-34)21-36(48(77)78)56-37(64)24-53-38(65)25-60-13-15-61(26-40(67)68)17-19-63(28-42(71)72)20-18-62(16-14-60)27-41(69)70/h4-11,23,35-36,52H,1-3,12-22,24-29H2,(H,51,66)(H,53,65)(H,56,64)(H,57,73)(H,67,68)(H,69,70)(H,71,72)(H,75,76)(H,77,78)(H3,50,54,58,59,74). The lowest BCUT2D eigenvalue weighted by Gasteiger charge is -2.32. The highest BCUT2D eigenvalue weighted by Crippen LogP contribution is 2.15. The minimum atomic E-state index is -1.39. The van der Waals surface area contributed by atoms with Gasteiger partial charge < -0.3 is 62.6 Å². The molecule has 1 aliphatic heterocycles. The smallest absolute Gasteiger partial charge is 0.326 e. The number of carboxylic acid groups (broad SMARTS) is 5. The number of aromatic amines is 1. The van der Waals surface area contributed by atoms with Crippen molar-refractivity contribution in [2.24, 2.45) is 0 Å². The van der Waals surface area contributed by atoms with Crippen LogP contribution in [-0.4, -0.2) is 229 Å². The first kappa shape index (κ1) is 61.0. The van der Waals surface area contributed by atoms with Gasteiger partial charge >= 0.3 is 29.8 Å².